The Labute approximate surface area is 167 Å². The van der Waals surface area contributed by atoms with Crippen molar-refractivity contribution in [3.63, 3.8) is 0 Å². The van der Waals surface area contributed by atoms with Crippen molar-refractivity contribution in [2.24, 2.45) is 7.05 Å². The molecule has 1 aromatic carbocycles. The van der Waals surface area contributed by atoms with Crippen LogP contribution in [0.2, 0.25) is 0 Å². The Hall–Kier alpha value is -2.28. The molecule has 1 aliphatic heterocycles. The third-order valence-corrected chi connectivity index (χ3v) is 7.18. The van der Waals surface area contributed by atoms with Gasteiger partial charge in [0.25, 0.3) is 15.9 Å². The molecule has 0 spiro atoms. The lowest BCUT2D eigenvalue weighted by atomic mass is 10.1. The fourth-order valence-corrected chi connectivity index (χ4v) is 5.38. The zero-order valence-corrected chi connectivity index (χ0v) is 17.9. The van der Waals surface area contributed by atoms with Gasteiger partial charge < -0.3 is 9.47 Å². The second-order valence-electron chi connectivity index (χ2n) is 7.45. The smallest absolute Gasteiger partial charge is 0.264 e. The fourth-order valence-electron chi connectivity index (χ4n) is 3.81. The van der Waals surface area contributed by atoms with E-state index in [1.165, 1.54) is 0 Å². The molecule has 0 aliphatic carbocycles. The van der Waals surface area contributed by atoms with Gasteiger partial charge in [-0.25, -0.2) is 8.42 Å². The molecule has 0 radical (unpaired) electrons. The molecule has 1 fully saturated rings. The highest BCUT2D eigenvalue weighted by molar-refractivity contribution is 7.92. The van der Waals surface area contributed by atoms with Crippen LogP contribution in [0.15, 0.2) is 29.2 Å². The highest BCUT2D eigenvalue weighted by atomic mass is 32.2. The number of amides is 1. The van der Waals surface area contributed by atoms with Crippen LogP contribution in [-0.2, 0) is 23.5 Å². The van der Waals surface area contributed by atoms with Crippen LogP contribution >= 0.6 is 0 Å². The summed E-state index contributed by atoms with van der Waals surface area (Å²) < 4.78 is 31.1. The minimum atomic E-state index is -3.90. The molecule has 7 heteroatoms. The fraction of sp³-hybridized carbons (Fsp3) is 0.476. The Morgan fingerprint density at radius 3 is 2.43 bits per heavy atom. The van der Waals surface area contributed by atoms with Crippen molar-refractivity contribution in [1.29, 1.82) is 0 Å². The van der Waals surface area contributed by atoms with Crippen LogP contribution in [0.4, 0.5) is 5.69 Å². The average molecular weight is 404 g/mol. The number of nitrogens with zero attached hydrogens (tertiary/aromatic N) is 2. The summed E-state index contributed by atoms with van der Waals surface area (Å²) in [4.78, 5) is 15.1. The van der Waals surface area contributed by atoms with Crippen LogP contribution in [0.3, 0.4) is 0 Å². The molecule has 2 aromatic rings. The summed E-state index contributed by atoms with van der Waals surface area (Å²) in [5.41, 5.74) is 3.09. The highest BCUT2D eigenvalue weighted by Gasteiger charge is 2.33. The molecule has 28 heavy (non-hydrogen) atoms. The number of nitrogens with one attached hydrogen (secondary N) is 1. The third-order valence-electron chi connectivity index (χ3n) is 5.64. The van der Waals surface area contributed by atoms with Crippen molar-refractivity contribution in [3.05, 3.63) is 46.8 Å². The molecular weight excluding hydrogens is 374 g/mol. The number of sulfonamides is 1. The van der Waals surface area contributed by atoms with Gasteiger partial charge in [0.1, 0.15) is 4.90 Å². The maximum atomic E-state index is 13.3. The van der Waals surface area contributed by atoms with E-state index in [-0.39, 0.29) is 10.8 Å². The molecule has 1 N–H and O–H groups in total. The molecule has 152 valence electrons. The first-order valence-electron chi connectivity index (χ1n) is 9.83. The molecule has 0 saturated carbocycles. The van der Waals surface area contributed by atoms with Crippen LogP contribution in [0.5, 0.6) is 0 Å². The van der Waals surface area contributed by atoms with Gasteiger partial charge >= 0.3 is 0 Å². The first-order valence-corrected chi connectivity index (χ1v) is 11.3. The van der Waals surface area contributed by atoms with Gasteiger partial charge in [0.05, 0.1) is 5.56 Å². The van der Waals surface area contributed by atoms with E-state index in [1.807, 2.05) is 25.1 Å². The largest absolute Gasteiger partial charge is 0.350 e. The first-order chi connectivity index (χ1) is 13.3. The Morgan fingerprint density at radius 2 is 1.79 bits per heavy atom. The number of benzene rings is 1. The van der Waals surface area contributed by atoms with Crippen molar-refractivity contribution in [2.75, 3.05) is 17.8 Å². The Balaban J connectivity index is 2.04. The summed E-state index contributed by atoms with van der Waals surface area (Å²) in [5, 5.41) is 0. The van der Waals surface area contributed by atoms with E-state index in [1.54, 1.807) is 36.4 Å². The SMILES string of the molecule is CCc1cccc(NS(=O)(=O)c2c(C(=O)N3CCCCC3)c(C)n(C)c2C)c1. The Bertz CT molecular complexity index is 987. The zero-order chi connectivity index (χ0) is 20.5. The number of anilines is 1. The standard InChI is InChI=1S/C21H29N3O3S/c1-5-17-10-9-11-18(14-17)22-28(26,27)20-16(3)23(4)15(2)19(20)21(25)24-12-7-6-8-13-24/h9-11,14,22H,5-8,12-13H2,1-4H3. The van der Waals surface area contributed by atoms with Gasteiger partial charge in [-0.15, -0.1) is 0 Å². The monoisotopic (exact) mass is 403 g/mol. The molecule has 2 heterocycles. The lowest BCUT2D eigenvalue weighted by molar-refractivity contribution is 0.0720. The second kappa shape index (κ2) is 7.99. The van der Waals surface area contributed by atoms with E-state index in [2.05, 4.69) is 4.72 Å². The van der Waals surface area contributed by atoms with Crippen molar-refractivity contribution in [3.8, 4) is 0 Å². The van der Waals surface area contributed by atoms with E-state index in [9.17, 15) is 13.2 Å². The number of hydrogen-bond acceptors (Lipinski definition) is 3. The molecule has 6 nitrogen and oxygen atoms in total. The minimum absolute atomic E-state index is 0.0879. The van der Waals surface area contributed by atoms with E-state index in [0.29, 0.717) is 35.7 Å². The third kappa shape index (κ3) is 3.81. The summed E-state index contributed by atoms with van der Waals surface area (Å²) >= 11 is 0. The van der Waals surface area contributed by atoms with Crippen LogP contribution in [0.1, 0.15) is 53.5 Å². The average Bonchev–Trinajstić information content (AvgIpc) is 2.92. The van der Waals surface area contributed by atoms with Crippen LogP contribution in [0, 0.1) is 13.8 Å². The predicted octanol–water partition coefficient (Wildman–Crippen LogP) is 3.63. The number of carbonyl (C=O) groups is 1. The summed E-state index contributed by atoms with van der Waals surface area (Å²) in [6, 6.07) is 7.35. The lowest BCUT2D eigenvalue weighted by Crippen LogP contribution is -2.36. The summed E-state index contributed by atoms with van der Waals surface area (Å²) in [5.74, 6) is -0.191. The molecule has 1 aliphatic rings. The summed E-state index contributed by atoms with van der Waals surface area (Å²) in [7, 11) is -2.10. The summed E-state index contributed by atoms with van der Waals surface area (Å²) in [6.07, 6.45) is 3.84. The number of aromatic nitrogens is 1. The molecule has 0 unspecified atom stereocenters. The molecule has 1 saturated heterocycles. The van der Waals surface area contributed by atoms with Gasteiger partial charge in [0.15, 0.2) is 0 Å². The van der Waals surface area contributed by atoms with E-state index < -0.39 is 10.0 Å². The van der Waals surface area contributed by atoms with Crippen LogP contribution < -0.4 is 4.72 Å². The van der Waals surface area contributed by atoms with E-state index in [4.69, 9.17) is 0 Å². The van der Waals surface area contributed by atoms with Gasteiger partial charge in [-0.3, -0.25) is 9.52 Å². The topological polar surface area (TPSA) is 71.4 Å². The minimum Gasteiger partial charge on any atom is -0.350 e. The van der Waals surface area contributed by atoms with Crippen molar-refractivity contribution < 1.29 is 13.2 Å². The number of aryl methyl sites for hydroxylation is 1. The van der Waals surface area contributed by atoms with Crippen molar-refractivity contribution in [2.45, 2.75) is 51.3 Å². The molecule has 0 atom stereocenters. The Morgan fingerprint density at radius 1 is 1.11 bits per heavy atom. The Kier molecular flexibility index (Phi) is 5.84. The second-order valence-corrected chi connectivity index (χ2v) is 9.07. The maximum Gasteiger partial charge on any atom is 0.264 e. The number of hydrogen-bond donors (Lipinski definition) is 1. The van der Waals surface area contributed by atoms with Gasteiger partial charge in [-0.2, -0.15) is 0 Å². The predicted molar refractivity (Wildman–Crippen MR) is 111 cm³/mol. The van der Waals surface area contributed by atoms with Gasteiger partial charge in [0, 0.05) is 37.2 Å². The zero-order valence-electron chi connectivity index (χ0n) is 17.1. The van der Waals surface area contributed by atoms with E-state index in [0.717, 1.165) is 31.2 Å². The molecule has 3 rings (SSSR count). The van der Waals surface area contributed by atoms with Crippen LogP contribution in [-0.4, -0.2) is 36.9 Å². The molecular formula is C21H29N3O3S. The number of carbonyl (C=O) groups excluding carboxylic acids is 1. The van der Waals surface area contributed by atoms with Crippen molar-refractivity contribution in [1.82, 2.24) is 9.47 Å². The number of rotatable bonds is 5. The normalized spacial score (nSPS) is 14.9. The van der Waals surface area contributed by atoms with Crippen LogP contribution in [0.25, 0.3) is 0 Å². The highest BCUT2D eigenvalue weighted by Crippen LogP contribution is 2.30. The number of likely N-dealkylation sites (tertiary alicyclic amines) is 1. The molecule has 1 aromatic heterocycles. The molecule has 0 bridgehead atoms. The first kappa shape index (κ1) is 20.5. The van der Waals surface area contributed by atoms with Gasteiger partial charge in [-0.05, 0) is 57.2 Å². The lowest BCUT2D eigenvalue weighted by Gasteiger charge is -2.27. The quantitative estimate of drug-likeness (QED) is 0.829. The summed E-state index contributed by atoms with van der Waals surface area (Å²) in [6.45, 7) is 6.93. The van der Waals surface area contributed by atoms with Gasteiger partial charge in [-0.1, -0.05) is 19.1 Å². The van der Waals surface area contributed by atoms with E-state index >= 15 is 0 Å². The molecule has 1 amide bonds. The van der Waals surface area contributed by atoms with Gasteiger partial charge in [0.2, 0.25) is 0 Å². The number of piperidine rings is 1. The van der Waals surface area contributed by atoms with Crippen molar-refractivity contribution >= 4 is 21.6 Å². The maximum absolute atomic E-state index is 13.3.